The van der Waals surface area contributed by atoms with Gasteiger partial charge in [0.15, 0.2) is 11.5 Å². The summed E-state index contributed by atoms with van der Waals surface area (Å²) in [5, 5.41) is 4.89. The van der Waals surface area contributed by atoms with Crippen LogP contribution in [0.25, 0.3) is 0 Å². The minimum atomic E-state index is 0.346. The van der Waals surface area contributed by atoms with Crippen molar-refractivity contribution in [3.8, 4) is 11.5 Å². The van der Waals surface area contributed by atoms with E-state index in [1.165, 1.54) is 32.1 Å². The Kier molecular flexibility index (Phi) is 7.71. The summed E-state index contributed by atoms with van der Waals surface area (Å²) in [4.78, 5) is 0. The van der Waals surface area contributed by atoms with Crippen molar-refractivity contribution in [1.82, 2.24) is 5.32 Å². The van der Waals surface area contributed by atoms with Crippen LogP contribution in [0.2, 0.25) is 10.0 Å². The molecule has 1 aliphatic carbocycles. The average Bonchev–Trinajstić information content (AvgIpc) is 2.67. The number of hydrogen-bond acceptors (Lipinski definition) is 3. The van der Waals surface area contributed by atoms with Gasteiger partial charge in [-0.3, -0.25) is 0 Å². The minimum Gasteiger partial charge on any atom is -0.493 e. The molecular weight excluding hydrogens is 449 g/mol. The smallest absolute Gasteiger partial charge is 0.167 e. The highest BCUT2D eigenvalue weighted by molar-refractivity contribution is 9.10. The van der Waals surface area contributed by atoms with Crippen molar-refractivity contribution in [2.45, 2.75) is 51.3 Å². The van der Waals surface area contributed by atoms with Crippen molar-refractivity contribution in [1.29, 1.82) is 0 Å². The summed E-state index contributed by atoms with van der Waals surface area (Å²) in [5.74, 6) is 1.45. The molecule has 146 valence electrons. The van der Waals surface area contributed by atoms with Crippen molar-refractivity contribution in [3.63, 3.8) is 0 Å². The first-order valence-corrected chi connectivity index (χ1v) is 10.8. The molecule has 3 rings (SSSR count). The third kappa shape index (κ3) is 5.54. The summed E-state index contributed by atoms with van der Waals surface area (Å²) in [6.07, 6.45) is 6.41. The van der Waals surface area contributed by atoms with Crippen LogP contribution >= 0.6 is 39.1 Å². The number of benzene rings is 2. The molecule has 2 aromatic carbocycles. The highest BCUT2D eigenvalue weighted by Crippen LogP contribution is 2.37. The van der Waals surface area contributed by atoms with Gasteiger partial charge in [0.2, 0.25) is 0 Å². The van der Waals surface area contributed by atoms with E-state index in [2.05, 4.69) is 21.2 Å². The lowest BCUT2D eigenvalue weighted by atomic mass is 9.95. The first kappa shape index (κ1) is 20.8. The molecule has 0 spiro atoms. The van der Waals surface area contributed by atoms with Crippen LogP contribution in [0, 0.1) is 0 Å². The molecular formula is C21H24BrCl2NO2. The van der Waals surface area contributed by atoms with Crippen molar-refractivity contribution < 1.29 is 9.47 Å². The summed E-state index contributed by atoms with van der Waals surface area (Å²) in [6.45, 7) is 1.07. The SMILES string of the molecule is COc1ccc(Br)c(CNC2CCCCC2)c1OCc1ccc(Cl)cc1Cl. The molecule has 2 aromatic rings. The lowest BCUT2D eigenvalue weighted by Crippen LogP contribution is -2.30. The molecule has 1 N–H and O–H groups in total. The van der Waals surface area contributed by atoms with Gasteiger partial charge in [0.25, 0.3) is 0 Å². The number of methoxy groups -OCH3 is 1. The number of hydrogen-bond donors (Lipinski definition) is 1. The summed E-state index contributed by atoms with van der Waals surface area (Å²) < 4.78 is 12.7. The first-order chi connectivity index (χ1) is 13.1. The lowest BCUT2D eigenvalue weighted by Gasteiger charge is -2.24. The van der Waals surface area contributed by atoms with Crippen LogP contribution in [-0.4, -0.2) is 13.2 Å². The molecule has 0 amide bonds. The zero-order chi connectivity index (χ0) is 19.2. The maximum atomic E-state index is 6.29. The Balaban J connectivity index is 1.78. The lowest BCUT2D eigenvalue weighted by molar-refractivity contribution is 0.279. The average molecular weight is 473 g/mol. The predicted octanol–water partition coefficient (Wildman–Crippen LogP) is 6.77. The molecule has 0 bridgehead atoms. The molecule has 0 saturated heterocycles. The monoisotopic (exact) mass is 471 g/mol. The molecule has 1 saturated carbocycles. The highest BCUT2D eigenvalue weighted by Gasteiger charge is 2.18. The molecule has 0 aliphatic heterocycles. The first-order valence-electron chi connectivity index (χ1n) is 9.24. The van der Waals surface area contributed by atoms with Gasteiger partial charge in [-0.05, 0) is 37.1 Å². The second-order valence-corrected chi connectivity index (χ2v) is 8.50. The quantitative estimate of drug-likeness (QED) is 0.482. The van der Waals surface area contributed by atoms with Crippen LogP contribution in [0.15, 0.2) is 34.8 Å². The van der Waals surface area contributed by atoms with E-state index >= 15 is 0 Å². The van der Waals surface area contributed by atoms with Gasteiger partial charge in [-0.2, -0.15) is 0 Å². The fourth-order valence-electron chi connectivity index (χ4n) is 3.41. The molecule has 27 heavy (non-hydrogen) atoms. The Bertz CT molecular complexity index is 779. The van der Waals surface area contributed by atoms with Gasteiger partial charge in [0.05, 0.1) is 7.11 Å². The second kappa shape index (κ2) is 10.0. The van der Waals surface area contributed by atoms with Crippen LogP contribution in [0.5, 0.6) is 11.5 Å². The van der Waals surface area contributed by atoms with E-state index in [9.17, 15) is 0 Å². The molecule has 1 aliphatic rings. The Hall–Kier alpha value is -0.940. The molecule has 0 aromatic heterocycles. The summed E-state index contributed by atoms with van der Waals surface area (Å²) in [7, 11) is 1.66. The number of halogens is 3. The topological polar surface area (TPSA) is 30.5 Å². The zero-order valence-corrected chi connectivity index (χ0v) is 18.5. The van der Waals surface area contributed by atoms with Crippen molar-refractivity contribution in [3.05, 3.63) is 56.0 Å². The molecule has 3 nitrogen and oxygen atoms in total. The van der Waals surface area contributed by atoms with Gasteiger partial charge in [0.1, 0.15) is 6.61 Å². The largest absolute Gasteiger partial charge is 0.493 e. The van der Waals surface area contributed by atoms with Gasteiger partial charge in [0, 0.05) is 38.2 Å². The van der Waals surface area contributed by atoms with Crippen LogP contribution in [-0.2, 0) is 13.2 Å². The number of rotatable bonds is 7. The van der Waals surface area contributed by atoms with Gasteiger partial charge in [-0.25, -0.2) is 0 Å². The van der Waals surface area contributed by atoms with E-state index < -0.39 is 0 Å². The van der Waals surface area contributed by atoms with E-state index in [4.69, 9.17) is 32.7 Å². The minimum absolute atomic E-state index is 0.346. The number of ether oxygens (including phenoxy) is 2. The van der Waals surface area contributed by atoms with E-state index in [0.29, 0.717) is 28.4 Å². The highest BCUT2D eigenvalue weighted by atomic mass is 79.9. The summed E-state index contributed by atoms with van der Waals surface area (Å²) in [5.41, 5.74) is 1.94. The molecule has 6 heteroatoms. The Labute approximate surface area is 179 Å². The zero-order valence-electron chi connectivity index (χ0n) is 15.4. The number of nitrogens with one attached hydrogen (secondary N) is 1. The van der Waals surface area contributed by atoms with Gasteiger partial charge < -0.3 is 14.8 Å². The second-order valence-electron chi connectivity index (χ2n) is 6.80. The maximum absolute atomic E-state index is 6.29. The predicted molar refractivity (Wildman–Crippen MR) is 115 cm³/mol. The molecule has 0 heterocycles. The Morgan fingerprint density at radius 3 is 2.59 bits per heavy atom. The van der Waals surface area contributed by atoms with Crippen LogP contribution in [0.1, 0.15) is 43.2 Å². The Morgan fingerprint density at radius 1 is 1.11 bits per heavy atom. The van der Waals surface area contributed by atoms with Gasteiger partial charge in [-0.1, -0.05) is 64.5 Å². The van der Waals surface area contributed by atoms with Crippen LogP contribution in [0.3, 0.4) is 0 Å². The third-order valence-electron chi connectivity index (χ3n) is 4.95. The van der Waals surface area contributed by atoms with E-state index in [-0.39, 0.29) is 0 Å². The van der Waals surface area contributed by atoms with Gasteiger partial charge in [-0.15, -0.1) is 0 Å². The summed E-state index contributed by atoms with van der Waals surface area (Å²) in [6, 6.07) is 9.90. The van der Waals surface area contributed by atoms with Crippen molar-refractivity contribution in [2.24, 2.45) is 0 Å². The molecule has 0 atom stereocenters. The molecule has 0 unspecified atom stereocenters. The van der Waals surface area contributed by atoms with Crippen molar-refractivity contribution >= 4 is 39.1 Å². The van der Waals surface area contributed by atoms with Crippen LogP contribution < -0.4 is 14.8 Å². The van der Waals surface area contributed by atoms with E-state index in [1.54, 1.807) is 13.2 Å². The fourth-order valence-corrected chi connectivity index (χ4v) is 4.32. The third-order valence-corrected chi connectivity index (χ3v) is 6.28. The Morgan fingerprint density at radius 2 is 1.89 bits per heavy atom. The fraction of sp³-hybridized carbons (Fsp3) is 0.429. The maximum Gasteiger partial charge on any atom is 0.167 e. The van der Waals surface area contributed by atoms with E-state index in [1.807, 2.05) is 24.3 Å². The summed E-state index contributed by atoms with van der Waals surface area (Å²) >= 11 is 15.9. The van der Waals surface area contributed by atoms with Crippen LogP contribution in [0.4, 0.5) is 0 Å². The standard InChI is InChI=1S/C21H24BrCl2NO2/c1-26-20-10-9-18(22)17(12-25-16-5-3-2-4-6-16)21(20)27-13-14-7-8-15(23)11-19(14)24/h7-11,16,25H,2-6,12-13H2,1H3. The molecule has 1 fully saturated rings. The molecule has 0 radical (unpaired) electrons. The van der Waals surface area contributed by atoms with E-state index in [0.717, 1.165) is 27.9 Å². The normalized spacial score (nSPS) is 15.0. The van der Waals surface area contributed by atoms with Crippen molar-refractivity contribution in [2.75, 3.05) is 7.11 Å². The van der Waals surface area contributed by atoms with Gasteiger partial charge >= 0.3 is 0 Å².